The molecule has 0 saturated carbocycles. The molecular weight excluding hydrogens is 819 g/mol. The summed E-state index contributed by atoms with van der Waals surface area (Å²) in [5, 5.41) is 17.0. The standard InChI is InChI=1S/C63H41NOS/c1-63(2)57-24-12-9-21-48(57)49-31-28-39(34-58(49)63)64(40-29-32-51-50-22-10-13-25-59(50)65-60(51)35-40)38-27-30-47-45-19-6-5-17-43(45)41-15-3-4-16-42(41)44-18-7-8-20-46(44)54-36-56-52-23-11-14-26-61(52)66-62(56)37-55(54)53(47)33-38/h3-37H,1-2H3. The molecule has 2 nitrogen and oxygen atoms in total. The third kappa shape index (κ3) is 5.41. The number of hydrogen-bond donors (Lipinski definition) is 0. The van der Waals surface area contributed by atoms with Gasteiger partial charge in [0.1, 0.15) is 11.2 Å². The van der Waals surface area contributed by atoms with Crippen LogP contribution in [-0.4, -0.2) is 0 Å². The summed E-state index contributed by atoms with van der Waals surface area (Å²) in [6.45, 7) is 4.73. The highest BCUT2D eigenvalue weighted by atomic mass is 32.1. The molecule has 0 bridgehead atoms. The molecule has 66 heavy (non-hydrogen) atoms. The summed E-state index contributed by atoms with van der Waals surface area (Å²) >= 11 is 1.88. The Hall–Kier alpha value is -7.98. The van der Waals surface area contributed by atoms with Gasteiger partial charge in [-0.25, -0.2) is 0 Å². The van der Waals surface area contributed by atoms with E-state index in [9.17, 15) is 0 Å². The molecule has 0 unspecified atom stereocenters. The minimum atomic E-state index is -0.166. The van der Waals surface area contributed by atoms with Gasteiger partial charge in [-0.1, -0.05) is 159 Å². The van der Waals surface area contributed by atoms with Crippen LogP contribution >= 0.6 is 11.3 Å². The number of thiophene rings is 1. The Morgan fingerprint density at radius 2 is 0.788 bits per heavy atom. The highest BCUT2D eigenvalue weighted by molar-refractivity contribution is 7.25. The third-order valence-corrected chi connectivity index (χ3v) is 15.6. The first kappa shape index (κ1) is 37.4. The van der Waals surface area contributed by atoms with Crippen molar-refractivity contribution >= 4 is 124 Å². The van der Waals surface area contributed by atoms with Crippen LogP contribution < -0.4 is 4.90 Å². The van der Waals surface area contributed by atoms with Crippen molar-refractivity contribution in [3.8, 4) is 11.1 Å². The third-order valence-electron chi connectivity index (χ3n) is 14.5. The molecule has 0 fully saturated rings. The van der Waals surface area contributed by atoms with Crippen LogP contribution in [0.2, 0.25) is 0 Å². The lowest BCUT2D eigenvalue weighted by atomic mass is 9.82. The van der Waals surface area contributed by atoms with E-state index >= 15 is 0 Å². The second kappa shape index (κ2) is 14.0. The zero-order valence-electron chi connectivity index (χ0n) is 36.5. The van der Waals surface area contributed by atoms with Gasteiger partial charge in [0.15, 0.2) is 0 Å². The van der Waals surface area contributed by atoms with Gasteiger partial charge >= 0.3 is 0 Å². The number of fused-ring (bicyclic) bond motifs is 19. The smallest absolute Gasteiger partial charge is 0.137 e. The molecule has 0 N–H and O–H groups in total. The fourth-order valence-corrected chi connectivity index (χ4v) is 12.5. The van der Waals surface area contributed by atoms with Crippen molar-refractivity contribution in [1.82, 2.24) is 0 Å². The van der Waals surface area contributed by atoms with Crippen LogP contribution in [0, 0.1) is 0 Å². The van der Waals surface area contributed by atoms with Crippen molar-refractivity contribution < 1.29 is 4.42 Å². The van der Waals surface area contributed by atoms with E-state index in [4.69, 9.17) is 4.42 Å². The van der Waals surface area contributed by atoms with E-state index in [1.54, 1.807) is 0 Å². The highest BCUT2D eigenvalue weighted by Crippen LogP contribution is 2.51. The Morgan fingerprint density at radius 3 is 1.50 bits per heavy atom. The number of para-hydroxylation sites is 1. The number of nitrogens with zero attached hydrogens (tertiary/aromatic N) is 1. The van der Waals surface area contributed by atoms with Crippen LogP contribution in [0.25, 0.3) is 107 Å². The molecule has 11 aromatic carbocycles. The van der Waals surface area contributed by atoms with E-state index in [1.807, 2.05) is 17.4 Å². The number of hydrogen-bond acceptors (Lipinski definition) is 3. The molecule has 0 spiro atoms. The largest absolute Gasteiger partial charge is 0.456 e. The molecule has 0 atom stereocenters. The maximum Gasteiger partial charge on any atom is 0.137 e. The average molecular weight is 860 g/mol. The first-order chi connectivity index (χ1) is 32.5. The van der Waals surface area contributed by atoms with Crippen LogP contribution in [0.3, 0.4) is 0 Å². The van der Waals surface area contributed by atoms with Gasteiger partial charge in [-0.2, -0.15) is 0 Å². The first-order valence-corrected chi connectivity index (χ1v) is 23.6. The van der Waals surface area contributed by atoms with E-state index in [2.05, 4.69) is 225 Å². The summed E-state index contributed by atoms with van der Waals surface area (Å²) < 4.78 is 9.18. The van der Waals surface area contributed by atoms with E-state index in [0.717, 1.165) is 39.0 Å². The second-order valence-electron chi connectivity index (χ2n) is 18.4. The Balaban J connectivity index is 1.14. The Kier molecular flexibility index (Phi) is 7.94. The van der Waals surface area contributed by atoms with Gasteiger partial charge in [0.25, 0.3) is 0 Å². The number of furan rings is 1. The van der Waals surface area contributed by atoms with Gasteiger partial charge in [-0.15, -0.1) is 11.3 Å². The van der Waals surface area contributed by atoms with Gasteiger partial charge < -0.3 is 9.32 Å². The monoisotopic (exact) mass is 859 g/mol. The molecule has 13 aromatic rings. The molecule has 1 aliphatic rings. The minimum absolute atomic E-state index is 0.166. The molecule has 310 valence electrons. The Bertz CT molecular complexity index is 4280. The van der Waals surface area contributed by atoms with Crippen molar-refractivity contribution in [2.24, 2.45) is 0 Å². The fraction of sp³-hybridized carbons (Fsp3) is 0.0476. The quantitative estimate of drug-likeness (QED) is 0.176. The summed E-state index contributed by atoms with van der Waals surface area (Å²) in [5.74, 6) is 0. The number of benzene rings is 10. The molecule has 0 saturated heterocycles. The fourth-order valence-electron chi connectivity index (χ4n) is 11.3. The van der Waals surface area contributed by atoms with E-state index in [-0.39, 0.29) is 5.41 Å². The Morgan fingerprint density at radius 1 is 0.318 bits per heavy atom. The van der Waals surface area contributed by atoms with Crippen LogP contribution in [0.15, 0.2) is 217 Å². The van der Waals surface area contributed by atoms with Gasteiger partial charge in [-0.3, -0.25) is 0 Å². The predicted octanol–water partition coefficient (Wildman–Crippen LogP) is 18.6. The average Bonchev–Trinajstić information content (AvgIpc) is 4.00. The molecule has 2 aromatic heterocycles. The normalized spacial score (nSPS) is 13.1. The lowest BCUT2D eigenvalue weighted by Crippen LogP contribution is -2.16. The van der Waals surface area contributed by atoms with Gasteiger partial charge in [0, 0.05) is 59.5 Å². The van der Waals surface area contributed by atoms with Crippen molar-refractivity contribution in [1.29, 1.82) is 0 Å². The number of anilines is 3. The van der Waals surface area contributed by atoms with E-state index < -0.39 is 0 Å². The predicted molar refractivity (Wildman–Crippen MR) is 284 cm³/mol. The highest BCUT2D eigenvalue weighted by Gasteiger charge is 2.36. The lowest BCUT2D eigenvalue weighted by Gasteiger charge is -2.28. The summed E-state index contributed by atoms with van der Waals surface area (Å²) in [4.78, 5) is 2.44. The van der Waals surface area contributed by atoms with Crippen LogP contribution in [0.4, 0.5) is 17.1 Å². The number of rotatable bonds is 3. The first-order valence-electron chi connectivity index (χ1n) is 22.8. The summed E-state index contributed by atoms with van der Waals surface area (Å²) in [7, 11) is 0. The van der Waals surface area contributed by atoms with Crippen LogP contribution in [0.1, 0.15) is 25.0 Å². The summed E-state index contributed by atoms with van der Waals surface area (Å²) in [6, 6.07) is 78.9. The maximum atomic E-state index is 6.60. The summed E-state index contributed by atoms with van der Waals surface area (Å²) in [6.07, 6.45) is 0. The minimum Gasteiger partial charge on any atom is -0.456 e. The molecule has 1 aliphatic carbocycles. The van der Waals surface area contributed by atoms with Crippen molar-refractivity contribution in [3.05, 3.63) is 223 Å². The molecular formula is C63H41NOS. The topological polar surface area (TPSA) is 16.4 Å². The van der Waals surface area contributed by atoms with Gasteiger partial charge in [0.2, 0.25) is 0 Å². The van der Waals surface area contributed by atoms with Crippen molar-refractivity contribution in [2.45, 2.75) is 19.3 Å². The zero-order chi connectivity index (χ0) is 43.7. The lowest BCUT2D eigenvalue weighted by molar-refractivity contribution is 0.660. The van der Waals surface area contributed by atoms with E-state index in [1.165, 1.54) is 96.3 Å². The second-order valence-corrected chi connectivity index (χ2v) is 19.5. The molecule has 0 amide bonds. The molecule has 0 aliphatic heterocycles. The zero-order valence-corrected chi connectivity index (χ0v) is 37.3. The summed E-state index contributed by atoms with van der Waals surface area (Å²) in [5.41, 5.74) is 10.1. The van der Waals surface area contributed by atoms with Crippen molar-refractivity contribution in [2.75, 3.05) is 4.90 Å². The Labute approximate surface area is 385 Å². The van der Waals surface area contributed by atoms with Crippen LogP contribution in [-0.2, 0) is 5.41 Å². The molecule has 14 rings (SSSR count). The molecule has 2 heterocycles. The maximum absolute atomic E-state index is 6.60. The van der Waals surface area contributed by atoms with Gasteiger partial charge in [0.05, 0.1) is 0 Å². The van der Waals surface area contributed by atoms with Crippen molar-refractivity contribution in [3.63, 3.8) is 0 Å². The van der Waals surface area contributed by atoms with Gasteiger partial charge in [-0.05, 0) is 137 Å². The SMILES string of the molecule is CC1(C)c2ccccc2-c2ccc(N(c3ccc4c(c3)oc3ccccc34)c3ccc4c5ccccc5c5ccccc5c5ccccc5c5cc6c(cc5c4c3)sc3ccccc36)cc21. The van der Waals surface area contributed by atoms with Crippen LogP contribution in [0.5, 0.6) is 0 Å². The van der Waals surface area contributed by atoms with E-state index in [0.29, 0.717) is 0 Å². The molecule has 3 heteroatoms. The molecule has 0 radical (unpaired) electrons.